The number of hydrazine groups is 1. The van der Waals surface area contributed by atoms with Crippen LogP contribution in [0.4, 0.5) is 5.82 Å². The van der Waals surface area contributed by atoms with E-state index in [0.717, 1.165) is 35.5 Å². The Morgan fingerprint density at radius 1 is 1.16 bits per heavy atom. The second-order valence-corrected chi connectivity index (χ2v) is 5.12. The molecule has 1 aliphatic carbocycles. The first-order valence-electron chi connectivity index (χ1n) is 6.40. The zero-order valence-corrected chi connectivity index (χ0v) is 11.2. The summed E-state index contributed by atoms with van der Waals surface area (Å²) in [5.41, 5.74) is 5.86. The predicted octanol–water partition coefficient (Wildman–Crippen LogP) is 2.96. The Hall–Kier alpha value is -1.65. The SMILES string of the molecule is NNc1nc(-c2cccc(Cl)c2)nc2c1CCCC2. The molecule has 98 valence electrons. The average Bonchev–Trinajstić information content (AvgIpc) is 2.46. The van der Waals surface area contributed by atoms with Crippen molar-refractivity contribution in [2.24, 2.45) is 5.84 Å². The molecule has 1 aromatic heterocycles. The summed E-state index contributed by atoms with van der Waals surface area (Å²) < 4.78 is 0. The number of nitrogen functional groups attached to an aromatic ring is 1. The summed E-state index contributed by atoms with van der Waals surface area (Å²) in [5.74, 6) is 7.00. The molecule has 3 rings (SSSR count). The van der Waals surface area contributed by atoms with Crippen molar-refractivity contribution < 1.29 is 0 Å². The molecule has 0 spiro atoms. The van der Waals surface area contributed by atoms with Crippen LogP contribution >= 0.6 is 11.6 Å². The lowest BCUT2D eigenvalue weighted by atomic mass is 9.96. The van der Waals surface area contributed by atoms with E-state index in [4.69, 9.17) is 17.4 Å². The number of fused-ring (bicyclic) bond motifs is 1. The minimum atomic E-state index is 0.677. The highest BCUT2D eigenvalue weighted by molar-refractivity contribution is 6.30. The average molecular weight is 275 g/mol. The number of nitrogens with zero attached hydrogens (tertiary/aromatic N) is 2. The summed E-state index contributed by atoms with van der Waals surface area (Å²) in [6, 6.07) is 7.56. The van der Waals surface area contributed by atoms with Gasteiger partial charge in [-0.3, -0.25) is 0 Å². The van der Waals surface area contributed by atoms with E-state index in [-0.39, 0.29) is 0 Å². The molecule has 2 aromatic rings. The monoisotopic (exact) mass is 274 g/mol. The summed E-state index contributed by atoms with van der Waals surface area (Å²) in [5, 5.41) is 0.682. The lowest BCUT2D eigenvalue weighted by molar-refractivity contribution is 0.665. The van der Waals surface area contributed by atoms with Gasteiger partial charge in [0.2, 0.25) is 0 Å². The molecular weight excluding hydrogens is 260 g/mol. The number of hydrogen-bond donors (Lipinski definition) is 2. The Kier molecular flexibility index (Phi) is 3.36. The van der Waals surface area contributed by atoms with Crippen molar-refractivity contribution in [1.82, 2.24) is 9.97 Å². The molecule has 3 N–H and O–H groups in total. The topological polar surface area (TPSA) is 63.8 Å². The Bertz CT molecular complexity index is 595. The molecule has 0 saturated heterocycles. The van der Waals surface area contributed by atoms with Crippen molar-refractivity contribution in [2.45, 2.75) is 25.7 Å². The molecule has 0 amide bonds. The van der Waals surface area contributed by atoms with Crippen molar-refractivity contribution in [2.75, 3.05) is 5.43 Å². The normalized spacial score (nSPS) is 14.0. The van der Waals surface area contributed by atoms with Gasteiger partial charge in [-0.25, -0.2) is 15.8 Å². The molecule has 0 unspecified atom stereocenters. The van der Waals surface area contributed by atoms with Crippen molar-refractivity contribution in [3.8, 4) is 11.4 Å². The number of aryl methyl sites for hydroxylation is 1. The minimum Gasteiger partial charge on any atom is -0.308 e. The van der Waals surface area contributed by atoms with Crippen LogP contribution in [0.5, 0.6) is 0 Å². The molecule has 1 aliphatic rings. The summed E-state index contributed by atoms with van der Waals surface area (Å²) >= 11 is 6.02. The van der Waals surface area contributed by atoms with Crippen LogP contribution < -0.4 is 11.3 Å². The fourth-order valence-corrected chi connectivity index (χ4v) is 2.66. The van der Waals surface area contributed by atoms with Gasteiger partial charge in [-0.15, -0.1) is 0 Å². The van der Waals surface area contributed by atoms with Crippen molar-refractivity contribution in [1.29, 1.82) is 0 Å². The van der Waals surface area contributed by atoms with Gasteiger partial charge >= 0.3 is 0 Å². The van der Waals surface area contributed by atoms with Gasteiger partial charge in [0.05, 0.1) is 0 Å². The van der Waals surface area contributed by atoms with Crippen LogP contribution in [-0.2, 0) is 12.8 Å². The van der Waals surface area contributed by atoms with E-state index in [1.54, 1.807) is 0 Å². The molecule has 0 saturated carbocycles. The van der Waals surface area contributed by atoms with Crippen molar-refractivity contribution in [3.05, 3.63) is 40.5 Å². The molecule has 0 bridgehead atoms. The summed E-state index contributed by atoms with van der Waals surface area (Å²) in [6.45, 7) is 0. The van der Waals surface area contributed by atoms with Crippen LogP contribution in [0, 0.1) is 0 Å². The second kappa shape index (κ2) is 5.15. The van der Waals surface area contributed by atoms with E-state index in [9.17, 15) is 0 Å². The molecule has 5 heteroatoms. The largest absolute Gasteiger partial charge is 0.308 e. The zero-order valence-electron chi connectivity index (χ0n) is 10.5. The number of benzene rings is 1. The molecule has 1 heterocycles. The molecule has 0 radical (unpaired) electrons. The standard InChI is InChI=1S/C14H15ClN4/c15-10-5-3-4-9(8-10)13-17-12-7-2-1-6-11(12)14(18-13)19-16/h3-5,8H,1-2,6-7,16H2,(H,17,18,19). The summed E-state index contributed by atoms with van der Waals surface area (Å²) in [4.78, 5) is 9.18. The second-order valence-electron chi connectivity index (χ2n) is 4.68. The number of halogens is 1. The zero-order chi connectivity index (χ0) is 13.2. The highest BCUT2D eigenvalue weighted by Crippen LogP contribution is 2.28. The first-order chi connectivity index (χ1) is 9.28. The lowest BCUT2D eigenvalue weighted by Gasteiger charge is -2.18. The first-order valence-corrected chi connectivity index (χ1v) is 6.78. The van der Waals surface area contributed by atoms with E-state index in [0.29, 0.717) is 10.8 Å². The third kappa shape index (κ3) is 2.41. The Morgan fingerprint density at radius 3 is 2.79 bits per heavy atom. The molecule has 4 nitrogen and oxygen atoms in total. The van der Waals surface area contributed by atoms with Gasteiger partial charge in [-0.1, -0.05) is 23.7 Å². The van der Waals surface area contributed by atoms with Crippen LogP contribution in [-0.4, -0.2) is 9.97 Å². The maximum atomic E-state index is 6.02. The fourth-order valence-electron chi connectivity index (χ4n) is 2.47. The number of hydrogen-bond acceptors (Lipinski definition) is 4. The van der Waals surface area contributed by atoms with Gasteiger partial charge in [0.1, 0.15) is 5.82 Å². The quantitative estimate of drug-likeness (QED) is 0.653. The van der Waals surface area contributed by atoms with E-state index in [1.807, 2.05) is 24.3 Å². The number of aromatic nitrogens is 2. The number of rotatable bonds is 2. The van der Waals surface area contributed by atoms with Gasteiger partial charge < -0.3 is 5.43 Å². The molecule has 1 aromatic carbocycles. The Morgan fingerprint density at radius 2 is 2.00 bits per heavy atom. The molecular formula is C14H15ClN4. The van der Waals surface area contributed by atoms with Crippen LogP contribution in [0.3, 0.4) is 0 Å². The van der Waals surface area contributed by atoms with Crippen molar-refractivity contribution >= 4 is 17.4 Å². The number of nitrogens with two attached hydrogens (primary N) is 1. The highest BCUT2D eigenvalue weighted by Gasteiger charge is 2.17. The van der Waals surface area contributed by atoms with Crippen molar-refractivity contribution in [3.63, 3.8) is 0 Å². The van der Waals surface area contributed by atoms with E-state index in [1.165, 1.54) is 12.8 Å². The van der Waals surface area contributed by atoms with E-state index >= 15 is 0 Å². The molecule has 0 aliphatic heterocycles. The van der Waals surface area contributed by atoms with Gasteiger partial charge in [0.25, 0.3) is 0 Å². The van der Waals surface area contributed by atoms with E-state index < -0.39 is 0 Å². The molecule has 0 atom stereocenters. The molecule has 0 fully saturated rings. The van der Waals surface area contributed by atoms with Gasteiger partial charge in [0, 0.05) is 21.8 Å². The summed E-state index contributed by atoms with van der Waals surface area (Å²) in [6.07, 6.45) is 4.31. The Balaban J connectivity index is 2.12. The Labute approximate surface area is 117 Å². The van der Waals surface area contributed by atoms with Crippen LogP contribution in [0.15, 0.2) is 24.3 Å². The maximum Gasteiger partial charge on any atom is 0.161 e. The third-order valence-electron chi connectivity index (χ3n) is 3.40. The van der Waals surface area contributed by atoms with Crippen LogP contribution in [0.2, 0.25) is 5.02 Å². The highest BCUT2D eigenvalue weighted by atomic mass is 35.5. The predicted molar refractivity (Wildman–Crippen MR) is 76.9 cm³/mol. The summed E-state index contributed by atoms with van der Waals surface area (Å²) in [7, 11) is 0. The lowest BCUT2D eigenvalue weighted by Crippen LogP contribution is -2.17. The third-order valence-corrected chi connectivity index (χ3v) is 3.64. The fraction of sp³-hybridized carbons (Fsp3) is 0.286. The molecule has 19 heavy (non-hydrogen) atoms. The van der Waals surface area contributed by atoms with Crippen LogP contribution in [0.1, 0.15) is 24.1 Å². The van der Waals surface area contributed by atoms with Gasteiger partial charge in [0.15, 0.2) is 5.82 Å². The minimum absolute atomic E-state index is 0.677. The van der Waals surface area contributed by atoms with Gasteiger partial charge in [-0.2, -0.15) is 0 Å². The van der Waals surface area contributed by atoms with E-state index in [2.05, 4.69) is 15.4 Å². The number of anilines is 1. The van der Waals surface area contributed by atoms with Gasteiger partial charge in [-0.05, 0) is 37.8 Å². The van der Waals surface area contributed by atoms with Crippen LogP contribution in [0.25, 0.3) is 11.4 Å². The smallest absolute Gasteiger partial charge is 0.161 e. The maximum absolute atomic E-state index is 6.02. The first kappa shape index (κ1) is 12.4. The number of nitrogens with one attached hydrogen (secondary N) is 1.